The fourth-order valence-corrected chi connectivity index (χ4v) is 2.48. The molecular formula is C13H15BrO6. The fraction of sp³-hybridized carbons (Fsp3) is 0.462. The molecule has 1 saturated heterocycles. The number of aliphatic hydroxyl groups excluding tert-OH is 3. The Bertz CT molecular complexity index is 451. The van der Waals surface area contributed by atoms with Gasteiger partial charge in [-0.05, 0) is 12.1 Å². The summed E-state index contributed by atoms with van der Waals surface area (Å²) in [6, 6.07) is 8.28. The Labute approximate surface area is 124 Å². The molecular weight excluding hydrogens is 332 g/mol. The van der Waals surface area contributed by atoms with E-state index in [2.05, 4.69) is 15.9 Å². The molecule has 0 spiro atoms. The Hall–Kier alpha value is -0.990. The zero-order valence-electron chi connectivity index (χ0n) is 10.4. The lowest BCUT2D eigenvalue weighted by Crippen LogP contribution is -2.59. The van der Waals surface area contributed by atoms with E-state index in [-0.39, 0.29) is 5.33 Å². The zero-order chi connectivity index (χ0) is 14.7. The first kappa shape index (κ1) is 15.4. The summed E-state index contributed by atoms with van der Waals surface area (Å²) in [4.78, 5) is 12.0. The van der Waals surface area contributed by atoms with Crippen LogP contribution >= 0.6 is 15.9 Å². The molecule has 6 nitrogen and oxygen atoms in total. The molecule has 1 heterocycles. The molecule has 110 valence electrons. The third-order valence-electron chi connectivity index (χ3n) is 3.06. The van der Waals surface area contributed by atoms with Crippen molar-refractivity contribution in [3.63, 3.8) is 0 Å². The maximum Gasteiger partial charge on any atom is 0.338 e. The molecule has 1 aliphatic heterocycles. The Morgan fingerprint density at radius 3 is 2.45 bits per heavy atom. The Morgan fingerprint density at radius 2 is 1.85 bits per heavy atom. The summed E-state index contributed by atoms with van der Waals surface area (Å²) in [6.07, 6.45) is -6.29. The van der Waals surface area contributed by atoms with Gasteiger partial charge >= 0.3 is 5.97 Å². The summed E-state index contributed by atoms with van der Waals surface area (Å²) in [5, 5.41) is 29.2. The number of hydrogen-bond donors (Lipinski definition) is 3. The molecule has 1 aliphatic rings. The normalized spacial score (nSPS) is 33.7. The highest BCUT2D eigenvalue weighted by atomic mass is 79.9. The smallest absolute Gasteiger partial charge is 0.338 e. The predicted octanol–water partition coefficient (Wildman–Crippen LogP) is 0.0459. The van der Waals surface area contributed by atoms with E-state index in [1.165, 1.54) is 0 Å². The highest BCUT2D eigenvalue weighted by Gasteiger charge is 2.45. The largest absolute Gasteiger partial charge is 0.453 e. The Balaban J connectivity index is 2.11. The fourth-order valence-electron chi connectivity index (χ4n) is 1.96. The van der Waals surface area contributed by atoms with Crippen LogP contribution in [0.5, 0.6) is 0 Å². The number of halogens is 1. The van der Waals surface area contributed by atoms with Crippen molar-refractivity contribution in [2.24, 2.45) is 0 Å². The van der Waals surface area contributed by atoms with Crippen molar-refractivity contribution in [1.82, 2.24) is 0 Å². The number of rotatable bonds is 3. The summed E-state index contributed by atoms with van der Waals surface area (Å²) in [6.45, 7) is 0. The number of carbonyl (C=O) groups excluding carboxylic acids is 1. The minimum absolute atomic E-state index is 0.237. The molecule has 0 aromatic heterocycles. The van der Waals surface area contributed by atoms with E-state index in [0.717, 1.165) is 0 Å². The second-order valence-electron chi connectivity index (χ2n) is 4.44. The van der Waals surface area contributed by atoms with Crippen LogP contribution in [0.2, 0.25) is 0 Å². The lowest BCUT2D eigenvalue weighted by molar-refractivity contribution is -0.275. The highest BCUT2D eigenvalue weighted by Crippen LogP contribution is 2.24. The maximum atomic E-state index is 12.0. The van der Waals surface area contributed by atoms with Crippen LogP contribution in [0.3, 0.4) is 0 Å². The number of benzene rings is 1. The molecule has 7 heteroatoms. The second-order valence-corrected chi connectivity index (χ2v) is 5.08. The van der Waals surface area contributed by atoms with E-state index in [1.807, 2.05) is 0 Å². The van der Waals surface area contributed by atoms with Crippen molar-refractivity contribution >= 4 is 21.9 Å². The molecule has 1 aromatic carbocycles. The van der Waals surface area contributed by atoms with Gasteiger partial charge in [-0.1, -0.05) is 34.1 Å². The van der Waals surface area contributed by atoms with Crippen LogP contribution in [-0.4, -0.2) is 57.3 Å². The molecule has 1 fully saturated rings. The molecule has 0 unspecified atom stereocenters. The van der Waals surface area contributed by atoms with Crippen molar-refractivity contribution in [3.05, 3.63) is 35.9 Å². The van der Waals surface area contributed by atoms with Crippen molar-refractivity contribution in [3.8, 4) is 0 Å². The summed E-state index contributed by atoms with van der Waals surface area (Å²) in [7, 11) is 0. The quantitative estimate of drug-likeness (QED) is 0.528. The standard InChI is InChI=1S/C13H15BrO6/c14-6-8-11(9(15)10(16)13(18)19-8)20-12(17)7-4-2-1-3-5-7/h1-5,8-11,13,15-16,18H,6H2/t8-,9-,10+,11+,13-/m1/s1. The highest BCUT2D eigenvalue weighted by molar-refractivity contribution is 9.09. The van der Waals surface area contributed by atoms with Gasteiger partial charge in [0.25, 0.3) is 0 Å². The van der Waals surface area contributed by atoms with Crippen LogP contribution in [-0.2, 0) is 9.47 Å². The van der Waals surface area contributed by atoms with Gasteiger partial charge in [-0.3, -0.25) is 0 Å². The minimum Gasteiger partial charge on any atom is -0.453 e. The monoisotopic (exact) mass is 346 g/mol. The number of hydrogen-bond acceptors (Lipinski definition) is 6. The van der Waals surface area contributed by atoms with E-state index in [4.69, 9.17) is 9.47 Å². The van der Waals surface area contributed by atoms with E-state index >= 15 is 0 Å². The maximum absolute atomic E-state index is 12.0. The SMILES string of the molecule is O=C(O[C@@H]1[C@H](O)[C@H](O)[C@H](O)O[C@@H]1CBr)c1ccccc1. The van der Waals surface area contributed by atoms with Gasteiger partial charge in [-0.15, -0.1) is 0 Å². The first-order valence-corrected chi connectivity index (χ1v) is 7.18. The van der Waals surface area contributed by atoms with Gasteiger partial charge in [0.1, 0.15) is 18.3 Å². The number of esters is 1. The molecule has 5 atom stereocenters. The van der Waals surface area contributed by atoms with Gasteiger partial charge < -0.3 is 24.8 Å². The molecule has 1 aromatic rings. The van der Waals surface area contributed by atoms with Crippen molar-refractivity contribution in [2.45, 2.75) is 30.7 Å². The predicted molar refractivity (Wildman–Crippen MR) is 72.3 cm³/mol. The van der Waals surface area contributed by atoms with Crippen molar-refractivity contribution < 1.29 is 29.6 Å². The van der Waals surface area contributed by atoms with Crippen LogP contribution in [0.1, 0.15) is 10.4 Å². The first-order valence-electron chi connectivity index (χ1n) is 6.06. The Kier molecular flexibility index (Phi) is 5.11. The van der Waals surface area contributed by atoms with Gasteiger partial charge in [-0.2, -0.15) is 0 Å². The van der Waals surface area contributed by atoms with Crippen molar-refractivity contribution in [1.29, 1.82) is 0 Å². The van der Waals surface area contributed by atoms with Gasteiger partial charge in [0, 0.05) is 5.33 Å². The average molecular weight is 347 g/mol. The number of ether oxygens (including phenoxy) is 2. The summed E-state index contributed by atoms with van der Waals surface area (Å²) < 4.78 is 10.3. The molecule has 0 bridgehead atoms. The molecule has 3 N–H and O–H groups in total. The molecule has 20 heavy (non-hydrogen) atoms. The zero-order valence-corrected chi connectivity index (χ0v) is 12.0. The lowest BCUT2D eigenvalue weighted by Gasteiger charge is -2.39. The minimum atomic E-state index is -1.53. The van der Waals surface area contributed by atoms with Crippen molar-refractivity contribution in [2.75, 3.05) is 5.33 Å². The van der Waals surface area contributed by atoms with E-state index in [1.54, 1.807) is 30.3 Å². The number of alkyl halides is 1. The molecule has 0 saturated carbocycles. The van der Waals surface area contributed by atoms with Gasteiger partial charge in [0.05, 0.1) is 5.56 Å². The van der Waals surface area contributed by atoms with Crippen LogP contribution < -0.4 is 0 Å². The van der Waals surface area contributed by atoms with Crippen LogP contribution in [0.15, 0.2) is 30.3 Å². The van der Waals surface area contributed by atoms with Crippen LogP contribution in [0, 0.1) is 0 Å². The summed E-state index contributed by atoms with van der Waals surface area (Å²) >= 11 is 3.15. The van der Waals surface area contributed by atoms with E-state index in [9.17, 15) is 20.1 Å². The molecule has 0 amide bonds. The van der Waals surface area contributed by atoms with Crippen LogP contribution in [0.25, 0.3) is 0 Å². The average Bonchev–Trinajstić information content (AvgIpc) is 2.48. The van der Waals surface area contributed by atoms with Gasteiger partial charge in [0.15, 0.2) is 12.4 Å². The molecule has 0 aliphatic carbocycles. The first-order chi connectivity index (χ1) is 9.54. The number of carbonyl (C=O) groups is 1. The van der Waals surface area contributed by atoms with Gasteiger partial charge in [-0.25, -0.2) is 4.79 Å². The molecule has 0 radical (unpaired) electrons. The van der Waals surface area contributed by atoms with Crippen LogP contribution in [0.4, 0.5) is 0 Å². The second kappa shape index (κ2) is 6.64. The third-order valence-corrected chi connectivity index (χ3v) is 3.70. The van der Waals surface area contributed by atoms with E-state index < -0.39 is 36.7 Å². The third kappa shape index (κ3) is 3.18. The van der Waals surface area contributed by atoms with E-state index in [0.29, 0.717) is 5.56 Å². The Morgan fingerprint density at radius 1 is 1.20 bits per heavy atom. The van der Waals surface area contributed by atoms with Gasteiger partial charge in [0.2, 0.25) is 0 Å². The summed E-state index contributed by atoms with van der Waals surface area (Å²) in [5.74, 6) is -0.632. The molecule has 2 rings (SSSR count). The number of aliphatic hydroxyl groups is 3. The topological polar surface area (TPSA) is 96.2 Å². The summed E-state index contributed by atoms with van der Waals surface area (Å²) in [5.41, 5.74) is 0.327. The lowest BCUT2D eigenvalue weighted by atomic mass is 9.99.